The topological polar surface area (TPSA) is 21.3 Å². The molecule has 1 N–H and O–H groups in total. The molecule has 17 heavy (non-hydrogen) atoms. The largest absolute Gasteiger partial charge is 0.369 e. The first-order valence-corrected chi connectivity index (χ1v) is 7.24. The summed E-state index contributed by atoms with van der Waals surface area (Å²) in [5, 5.41) is 3.62. The number of rotatable bonds is 0. The lowest BCUT2D eigenvalue weighted by Crippen LogP contribution is -2.58. The quantitative estimate of drug-likeness (QED) is 0.700. The van der Waals surface area contributed by atoms with Crippen molar-refractivity contribution in [2.45, 2.75) is 78.0 Å². The van der Waals surface area contributed by atoms with Gasteiger partial charge in [0.2, 0.25) is 0 Å². The SMILES string of the molecule is CC1NCC2(CCC(C(C)(C)C)CC2)OC1C. The Labute approximate surface area is 107 Å². The first-order chi connectivity index (χ1) is 7.82. The third kappa shape index (κ3) is 2.85. The molecule has 0 aromatic rings. The van der Waals surface area contributed by atoms with Gasteiger partial charge >= 0.3 is 0 Å². The standard InChI is InChI=1S/C15H29NO/c1-11-12(2)17-15(10-16-11)8-6-13(7-9-15)14(3,4)5/h11-13,16H,6-10H2,1-5H3. The molecule has 2 aliphatic rings. The van der Waals surface area contributed by atoms with E-state index in [0.29, 0.717) is 17.6 Å². The fourth-order valence-corrected chi connectivity index (χ4v) is 3.36. The molecule has 2 fully saturated rings. The maximum Gasteiger partial charge on any atom is 0.0811 e. The minimum absolute atomic E-state index is 0.147. The van der Waals surface area contributed by atoms with E-state index in [1.807, 2.05) is 0 Å². The first kappa shape index (κ1) is 13.4. The van der Waals surface area contributed by atoms with Crippen LogP contribution in [0.2, 0.25) is 0 Å². The minimum Gasteiger partial charge on any atom is -0.369 e. The fraction of sp³-hybridized carbons (Fsp3) is 1.00. The molecule has 1 spiro atoms. The molecule has 0 bridgehead atoms. The Morgan fingerprint density at radius 1 is 1.12 bits per heavy atom. The molecule has 2 rings (SSSR count). The van der Waals surface area contributed by atoms with Crippen molar-refractivity contribution in [1.29, 1.82) is 0 Å². The van der Waals surface area contributed by atoms with Crippen molar-refractivity contribution < 1.29 is 4.74 Å². The molecule has 2 nitrogen and oxygen atoms in total. The molecule has 1 saturated heterocycles. The smallest absolute Gasteiger partial charge is 0.0811 e. The Morgan fingerprint density at radius 2 is 1.71 bits per heavy atom. The number of nitrogens with one attached hydrogen (secondary N) is 1. The predicted molar refractivity (Wildman–Crippen MR) is 72.2 cm³/mol. The molecule has 0 aromatic carbocycles. The summed E-state index contributed by atoms with van der Waals surface area (Å²) in [4.78, 5) is 0. The summed E-state index contributed by atoms with van der Waals surface area (Å²) in [6.45, 7) is 12.6. The summed E-state index contributed by atoms with van der Waals surface area (Å²) in [5.41, 5.74) is 0.607. The van der Waals surface area contributed by atoms with Crippen molar-refractivity contribution in [2.24, 2.45) is 11.3 Å². The van der Waals surface area contributed by atoms with Crippen molar-refractivity contribution in [1.82, 2.24) is 5.32 Å². The maximum absolute atomic E-state index is 6.33. The number of morpholine rings is 1. The highest BCUT2D eigenvalue weighted by atomic mass is 16.5. The van der Waals surface area contributed by atoms with E-state index >= 15 is 0 Å². The van der Waals surface area contributed by atoms with E-state index in [0.717, 1.165) is 12.5 Å². The van der Waals surface area contributed by atoms with Crippen molar-refractivity contribution in [3.63, 3.8) is 0 Å². The zero-order valence-corrected chi connectivity index (χ0v) is 12.2. The van der Waals surface area contributed by atoms with Gasteiger partial charge in [0.15, 0.2) is 0 Å². The second-order valence-corrected chi connectivity index (χ2v) is 7.32. The normalized spacial score (nSPS) is 43.9. The molecule has 2 heteroatoms. The molecule has 2 atom stereocenters. The van der Waals surface area contributed by atoms with Crippen molar-refractivity contribution >= 4 is 0 Å². The van der Waals surface area contributed by atoms with Crippen LogP contribution in [-0.2, 0) is 4.74 Å². The summed E-state index contributed by atoms with van der Waals surface area (Å²) in [7, 11) is 0. The lowest BCUT2D eigenvalue weighted by molar-refractivity contribution is -0.150. The molecule has 0 radical (unpaired) electrons. The summed E-state index contributed by atoms with van der Waals surface area (Å²) < 4.78 is 6.33. The van der Waals surface area contributed by atoms with Crippen LogP contribution in [0.5, 0.6) is 0 Å². The second-order valence-electron chi connectivity index (χ2n) is 7.32. The zero-order valence-electron chi connectivity index (χ0n) is 12.2. The Hall–Kier alpha value is -0.0800. The van der Waals surface area contributed by atoms with Gasteiger partial charge in [-0.3, -0.25) is 0 Å². The number of hydrogen-bond acceptors (Lipinski definition) is 2. The average Bonchev–Trinajstić information content (AvgIpc) is 2.24. The molecule has 2 unspecified atom stereocenters. The van der Waals surface area contributed by atoms with Gasteiger partial charge in [-0.15, -0.1) is 0 Å². The fourth-order valence-electron chi connectivity index (χ4n) is 3.36. The summed E-state index contributed by atoms with van der Waals surface area (Å²) in [5.74, 6) is 0.867. The Kier molecular flexibility index (Phi) is 3.57. The summed E-state index contributed by atoms with van der Waals surface area (Å²) in [6, 6.07) is 0.501. The van der Waals surface area contributed by atoms with Gasteiger partial charge in [0.05, 0.1) is 11.7 Å². The van der Waals surface area contributed by atoms with Crippen LogP contribution in [0.25, 0.3) is 0 Å². The molecule has 0 aromatic heterocycles. The summed E-state index contributed by atoms with van der Waals surface area (Å²) in [6.07, 6.45) is 5.48. The lowest BCUT2D eigenvalue weighted by atomic mass is 9.68. The van der Waals surface area contributed by atoms with E-state index in [1.165, 1.54) is 25.7 Å². The van der Waals surface area contributed by atoms with Crippen molar-refractivity contribution in [2.75, 3.05) is 6.54 Å². The predicted octanol–water partition coefficient (Wildman–Crippen LogP) is 3.36. The molecule has 1 saturated carbocycles. The van der Waals surface area contributed by atoms with Gasteiger partial charge in [-0.2, -0.15) is 0 Å². The van der Waals surface area contributed by atoms with Crippen LogP contribution in [0.1, 0.15) is 60.3 Å². The van der Waals surface area contributed by atoms with Gasteiger partial charge in [0, 0.05) is 12.6 Å². The van der Waals surface area contributed by atoms with Crippen LogP contribution >= 0.6 is 0 Å². The highest BCUT2D eigenvalue weighted by Gasteiger charge is 2.43. The van der Waals surface area contributed by atoms with E-state index < -0.39 is 0 Å². The lowest BCUT2D eigenvalue weighted by Gasteiger charge is -2.49. The van der Waals surface area contributed by atoms with Gasteiger partial charge in [0.25, 0.3) is 0 Å². The van der Waals surface area contributed by atoms with Crippen LogP contribution in [0, 0.1) is 11.3 Å². The van der Waals surface area contributed by atoms with Crippen molar-refractivity contribution in [3.8, 4) is 0 Å². The molecule has 100 valence electrons. The average molecular weight is 239 g/mol. The van der Waals surface area contributed by atoms with Crippen LogP contribution in [0.15, 0.2) is 0 Å². The van der Waals surface area contributed by atoms with Crippen LogP contribution in [-0.4, -0.2) is 24.3 Å². The zero-order chi connectivity index (χ0) is 12.7. The van der Waals surface area contributed by atoms with Gasteiger partial charge in [0.1, 0.15) is 0 Å². The molecule has 1 aliphatic heterocycles. The Balaban J connectivity index is 1.94. The third-order valence-corrected chi connectivity index (χ3v) is 5.01. The molecular weight excluding hydrogens is 210 g/mol. The molecule has 1 aliphatic carbocycles. The van der Waals surface area contributed by atoms with E-state index in [9.17, 15) is 0 Å². The van der Waals surface area contributed by atoms with Crippen LogP contribution in [0.4, 0.5) is 0 Å². The van der Waals surface area contributed by atoms with E-state index in [-0.39, 0.29) is 5.60 Å². The summed E-state index contributed by atoms with van der Waals surface area (Å²) >= 11 is 0. The highest BCUT2D eigenvalue weighted by molar-refractivity contribution is 4.96. The van der Waals surface area contributed by atoms with Gasteiger partial charge in [-0.05, 0) is 50.9 Å². The Morgan fingerprint density at radius 3 is 2.18 bits per heavy atom. The number of ether oxygens (including phenoxy) is 1. The molecule has 0 amide bonds. The second kappa shape index (κ2) is 4.55. The van der Waals surface area contributed by atoms with Crippen molar-refractivity contribution in [3.05, 3.63) is 0 Å². The third-order valence-electron chi connectivity index (χ3n) is 5.01. The van der Waals surface area contributed by atoms with Gasteiger partial charge in [-0.1, -0.05) is 20.8 Å². The van der Waals surface area contributed by atoms with Gasteiger partial charge in [-0.25, -0.2) is 0 Å². The van der Waals surface area contributed by atoms with E-state index in [4.69, 9.17) is 4.74 Å². The van der Waals surface area contributed by atoms with E-state index in [1.54, 1.807) is 0 Å². The monoisotopic (exact) mass is 239 g/mol. The number of hydrogen-bond donors (Lipinski definition) is 1. The Bertz CT molecular complexity index is 261. The first-order valence-electron chi connectivity index (χ1n) is 7.24. The molecule has 1 heterocycles. The van der Waals surface area contributed by atoms with Crippen LogP contribution < -0.4 is 5.32 Å². The van der Waals surface area contributed by atoms with E-state index in [2.05, 4.69) is 39.9 Å². The minimum atomic E-state index is 0.147. The molecular formula is C15H29NO. The maximum atomic E-state index is 6.33. The van der Waals surface area contributed by atoms with Gasteiger partial charge < -0.3 is 10.1 Å². The van der Waals surface area contributed by atoms with Crippen LogP contribution in [0.3, 0.4) is 0 Å². The highest BCUT2D eigenvalue weighted by Crippen LogP contribution is 2.43.